The van der Waals surface area contributed by atoms with Crippen LogP contribution < -0.4 is 5.32 Å². The van der Waals surface area contributed by atoms with Crippen LogP contribution in [0, 0.1) is 6.92 Å². The van der Waals surface area contributed by atoms with Crippen LogP contribution in [-0.4, -0.2) is 64.8 Å². The first-order valence-electron chi connectivity index (χ1n) is 11.2. The monoisotopic (exact) mass is 457 g/mol. The summed E-state index contributed by atoms with van der Waals surface area (Å²) in [7, 11) is 0. The Bertz CT molecular complexity index is 959. The second kappa shape index (κ2) is 9.72. The zero-order chi connectivity index (χ0) is 24.3. The van der Waals surface area contributed by atoms with Crippen LogP contribution in [0.1, 0.15) is 73.9 Å². The van der Waals surface area contributed by atoms with Crippen LogP contribution in [0.15, 0.2) is 18.2 Å². The van der Waals surface area contributed by atoms with Gasteiger partial charge in [0, 0.05) is 25.1 Å². The summed E-state index contributed by atoms with van der Waals surface area (Å²) in [5, 5.41) is 2.17. The van der Waals surface area contributed by atoms with Crippen molar-refractivity contribution in [2.24, 2.45) is 0 Å². The molecule has 2 fully saturated rings. The molecule has 1 atom stereocenters. The molecule has 2 aliphatic rings. The summed E-state index contributed by atoms with van der Waals surface area (Å²) in [6.45, 7) is 8.50. The number of imide groups is 2. The molecule has 1 aromatic rings. The van der Waals surface area contributed by atoms with Crippen molar-refractivity contribution in [1.82, 2.24) is 15.1 Å². The molecule has 2 saturated heterocycles. The SMILES string of the molecule is Cc1cc(C2CCN(C(=O)OC(C)(C)C)CC2)ccc1C(=O)N(C=O)C1CCC(=O)NC1=O. The van der Waals surface area contributed by atoms with Crippen molar-refractivity contribution in [1.29, 1.82) is 0 Å². The predicted molar refractivity (Wildman–Crippen MR) is 119 cm³/mol. The van der Waals surface area contributed by atoms with E-state index in [1.54, 1.807) is 17.9 Å². The van der Waals surface area contributed by atoms with Crippen LogP contribution in [-0.2, 0) is 19.1 Å². The van der Waals surface area contributed by atoms with Gasteiger partial charge in [0.1, 0.15) is 11.6 Å². The molecule has 0 bridgehead atoms. The maximum absolute atomic E-state index is 13.0. The third kappa shape index (κ3) is 5.77. The van der Waals surface area contributed by atoms with Crippen molar-refractivity contribution in [3.63, 3.8) is 0 Å². The molecule has 5 amide bonds. The minimum atomic E-state index is -0.996. The van der Waals surface area contributed by atoms with Gasteiger partial charge in [0.15, 0.2) is 0 Å². The number of rotatable bonds is 4. The number of ether oxygens (including phenoxy) is 1. The van der Waals surface area contributed by atoms with E-state index in [1.807, 2.05) is 32.9 Å². The van der Waals surface area contributed by atoms with Gasteiger partial charge in [-0.2, -0.15) is 0 Å². The molecule has 33 heavy (non-hydrogen) atoms. The topological polar surface area (TPSA) is 113 Å². The second-order valence-corrected chi connectivity index (χ2v) is 9.60. The molecule has 0 aromatic heterocycles. The van der Waals surface area contributed by atoms with Gasteiger partial charge in [0.05, 0.1) is 0 Å². The normalized spacial score (nSPS) is 19.6. The van der Waals surface area contributed by atoms with Gasteiger partial charge in [-0.3, -0.25) is 29.4 Å². The zero-order valence-electron chi connectivity index (χ0n) is 19.6. The van der Waals surface area contributed by atoms with E-state index in [2.05, 4.69) is 5.32 Å². The van der Waals surface area contributed by atoms with E-state index in [1.165, 1.54) is 0 Å². The Morgan fingerprint density at radius 3 is 2.36 bits per heavy atom. The lowest BCUT2D eigenvalue weighted by Gasteiger charge is -2.34. The molecule has 178 valence electrons. The lowest BCUT2D eigenvalue weighted by atomic mass is 9.87. The van der Waals surface area contributed by atoms with Crippen LogP contribution >= 0.6 is 0 Å². The fourth-order valence-electron chi connectivity index (χ4n) is 4.25. The summed E-state index contributed by atoms with van der Waals surface area (Å²) in [4.78, 5) is 63.0. The number of nitrogens with zero attached hydrogens (tertiary/aromatic N) is 2. The Kier molecular flexibility index (Phi) is 7.19. The van der Waals surface area contributed by atoms with E-state index in [0.717, 1.165) is 23.3 Å². The highest BCUT2D eigenvalue weighted by Gasteiger charge is 2.35. The van der Waals surface area contributed by atoms with Crippen LogP contribution in [0.2, 0.25) is 0 Å². The molecule has 2 aliphatic heterocycles. The standard InChI is InChI=1S/C24H31N3O6/c1-15-13-17(16-9-11-26(12-10-16)23(32)33-24(2,3)4)5-6-18(15)22(31)27(14-28)19-7-8-20(29)25-21(19)30/h5-6,13-14,16,19H,7-12H2,1-4H3,(H,25,29,30). The molecule has 9 nitrogen and oxygen atoms in total. The van der Waals surface area contributed by atoms with Crippen molar-refractivity contribution in [2.45, 2.75) is 70.9 Å². The fourth-order valence-corrected chi connectivity index (χ4v) is 4.25. The highest BCUT2D eigenvalue weighted by atomic mass is 16.6. The first-order chi connectivity index (χ1) is 15.5. The van der Waals surface area contributed by atoms with Gasteiger partial charge in [-0.25, -0.2) is 4.79 Å². The summed E-state index contributed by atoms with van der Waals surface area (Å²) >= 11 is 0. The number of likely N-dealkylation sites (tertiary alicyclic amines) is 1. The van der Waals surface area contributed by atoms with Crippen LogP contribution in [0.25, 0.3) is 0 Å². The fraction of sp³-hybridized carbons (Fsp3) is 0.542. The Labute approximate surface area is 193 Å². The number of aryl methyl sites for hydroxylation is 1. The molecule has 1 aromatic carbocycles. The molecule has 2 heterocycles. The van der Waals surface area contributed by atoms with Gasteiger partial charge in [0.2, 0.25) is 18.2 Å². The van der Waals surface area contributed by atoms with Crippen LogP contribution in [0.5, 0.6) is 0 Å². The quantitative estimate of drug-likeness (QED) is 0.549. The van der Waals surface area contributed by atoms with E-state index >= 15 is 0 Å². The van der Waals surface area contributed by atoms with Crippen LogP contribution in [0.4, 0.5) is 4.79 Å². The Balaban J connectivity index is 1.67. The Morgan fingerprint density at radius 1 is 1.15 bits per heavy atom. The van der Waals surface area contributed by atoms with Crippen molar-refractivity contribution in [2.75, 3.05) is 13.1 Å². The Morgan fingerprint density at radius 2 is 1.82 bits per heavy atom. The number of carbonyl (C=O) groups excluding carboxylic acids is 5. The molecule has 0 spiro atoms. The molecule has 1 unspecified atom stereocenters. The number of hydrogen-bond acceptors (Lipinski definition) is 6. The third-order valence-corrected chi connectivity index (χ3v) is 5.99. The minimum Gasteiger partial charge on any atom is -0.444 e. The van der Waals surface area contributed by atoms with Gasteiger partial charge < -0.3 is 9.64 Å². The lowest BCUT2D eigenvalue weighted by molar-refractivity contribution is -0.139. The first-order valence-corrected chi connectivity index (χ1v) is 11.2. The largest absolute Gasteiger partial charge is 0.444 e. The smallest absolute Gasteiger partial charge is 0.410 e. The average Bonchev–Trinajstić information content (AvgIpc) is 2.74. The molecule has 1 N–H and O–H groups in total. The van der Waals surface area contributed by atoms with E-state index < -0.39 is 29.4 Å². The minimum absolute atomic E-state index is 0.0773. The molecule has 9 heteroatoms. The molecule has 3 rings (SSSR count). The molecule has 0 saturated carbocycles. The average molecular weight is 458 g/mol. The van der Waals surface area contributed by atoms with Gasteiger partial charge in [0.25, 0.3) is 5.91 Å². The first kappa shape index (κ1) is 24.4. The molecule has 0 aliphatic carbocycles. The van der Waals surface area contributed by atoms with Crippen molar-refractivity contribution in [3.05, 3.63) is 34.9 Å². The van der Waals surface area contributed by atoms with Gasteiger partial charge >= 0.3 is 6.09 Å². The highest BCUT2D eigenvalue weighted by molar-refractivity contribution is 6.07. The number of carbonyl (C=O) groups is 5. The number of hydrogen-bond donors (Lipinski definition) is 1. The van der Waals surface area contributed by atoms with E-state index in [0.29, 0.717) is 30.6 Å². The summed E-state index contributed by atoms with van der Waals surface area (Å²) in [6, 6.07) is 4.47. The number of piperidine rings is 2. The van der Waals surface area contributed by atoms with Gasteiger partial charge in [-0.1, -0.05) is 12.1 Å². The van der Waals surface area contributed by atoms with Crippen LogP contribution in [0.3, 0.4) is 0 Å². The molecular formula is C24H31N3O6. The number of amides is 5. The summed E-state index contributed by atoms with van der Waals surface area (Å²) in [6.07, 6.45) is 1.80. The maximum atomic E-state index is 13.0. The van der Waals surface area contributed by atoms with Gasteiger partial charge in [-0.05, 0) is 70.1 Å². The predicted octanol–water partition coefficient (Wildman–Crippen LogP) is 2.51. The Hall–Kier alpha value is -3.23. The summed E-state index contributed by atoms with van der Waals surface area (Å²) < 4.78 is 5.45. The van der Waals surface area contributed by atoms with E-state index in [9.17, 15) is 24.0 Å². The molecular weight excluding hydrogens is 426 g/mol. The lowest BCUT2D eigenvalue weighted by Crippen LogP contribution is -2.53. The van der Waals surface area contributed by atoms with E-state index in [4.69, 9.17) is 4.74 Å². The summed E-state index contributed by atoms with van der Waals surface area (Å²) in [5.74, 6) is -1.38. The number of nitrogens with one attached hydrogen (secondary N) is 1. The second-order valence-electron chi connectivity index (χ2n) is 9.60. The maximum Gasteiger partial charge on any atom is 0.410 e. The summed E-state index contributed by atoms with van der Waals surface area (Å²) in [5.41, 5.74) is 1.57. The van der Waals surface area contributed by atoms with Crippen molar-refractivity contribution < 1.29 is 28.7 Å². The number of benzene rings is 1. The molecule has 0 radical (unpaired) electrons. The van der Waals surface area contributed by atoms with Crippen molar-refractivity contribution in [3.8, 4) is 0 Å². The van der Waals surface area contributed by atoms with E-state index in [-0.39, 0.29) is 24.9 Å². The third-order valence-electron chi connectivity index (χ3n) is 5.99. The highest BCUT2D eigenvalue weighted by Crippen LogP contribution is 2.30. The van der Waals surface area contributed by atoms with Crippen molar-refractivity contribution >= 4 is 30.2 Å². The zero-order valence-corrected chi connectivity index (χ0v) is 19.6. The van der Waals surface area contributed by atoms with Gasteiger partial charge in [-0.15, -0.1) is 0 Å².